The molecule has 0 aromatic carbocycles. The highest BCUT2D eigenvalue weighted by Gasteiger charge is 2.28. The summed E-state index contributed by atoms with van der Waals surface area (Å²) in [4.78, 5) is 14.9. The fraction of sp³-hybridized carbons (Fsp3) is 0.611. The number of rotatable bonds is 9. The van der Waals surface area contributed by atoms with Gasteiger partial charge in [0.1, 0.15) is 5.69 Å². The van der Waals surface area contributed by atoms with Gasteiger partial charge in [-0.2, -0.15) is 10.2 Å². The highest BCUT2D eigenvalue weighted by atomic mass is 16.2. The maximum Gasteiger partial charge on any atom is 0.269 e. The molecule has 1 fully saturated rings. The molecule has 2 heterocycles. The minimum atomic E-state index is -0.0512. The van der Waals surface area contributed by atoms with Crippen molar-refractivity contribution in [3.8, 4) is 0 Å². The molecule has 1 N–H and O–H groups in total. The minimum absolute atomic E-state index is 0.0512. The highest BCUT2D eigenvalue weighted by Crippen LogP contribution is 2.26. The molecule has 0 radical (unpaired) electrons. The number of aromatic nitrogens is 4. The van der Waals surface area contributed by atoms with Crippen LogP contribution in [0, 0.1) is 0 Å². The first kappa shape index (κ1) is 17.7. The van der Waals surface area contributed by atoms with E-state index in [-0.39, 0.29) is 5.91 Å². The number of carbonyl (C=O) groups is 1. The Bertz CT molecular complexity index is 686. The third-order valence-corrected chi connectivity index (χ3v) is 4.65. The molecule has 0 spiro atoms. The van der Waals surface area contributed by atoms with Crippen LogP contribution in [0.15, 0.2) is 24.5 Å². The van der Waals surface area contributed by atoms with Crippen LogP contribution in [0.2, 0.25) is 0 Å². The molecule has 3 rings (SSSR count). The van der Waals surface area contributed by atoms with E-state index in [9.17, 15) is 4.79 Å². The third kappa shape index (κ3) is 4.69. The molecule has 25 heavy (non-hydrogen) atoms. The summed E-state index contributed by atoms with van der Waals surface area (Å²) < 4.78 is 3.62. The molecule has 0 saturated heterocycles. The molecule has 1 saturated carbocycles. The van der Waals surface area contributed by atoms with E-state index < -0.39 is 0 Å². The topological polar surface area (TPSA) is 68.0 Å². The van der Waals surface area contributed by atoms with Gasteiger partial charge in [-0.25, -0.2) is 0 Å². The molecule has 0 atom stereocenters. The lowest BCUT2D eigenvalue weighted by Gasteiger charge is -2.22. The SMILES string of the molecule is CC(C)c1cc(C(=O)NCCN(CCn2cccn2)C2CC2)n(C)n1. The lowest BCUT2D eigenvalue weighted by atomic mass is 10.1. The Kier molecular flexibility index (Phi) is 5.53. The van der Waals surface area contributed by atoms with E-state index in [1.807, 2.05) is 30.1 Å². The Morgan fingerprint density at radius 3 is 2.80 bits per heavy atom. The van der Waals surface area contributed by atoms with Crippen molar-refractivity contribution in [2.24, 2.45) is 7.05 Å². The van der Waals surface area contributed by atoms with E-state index in [4.69, 9.17) is 0 Å². The minimum Gasteiger partial charge on any atom is -0.349 e. The zero-order chi connectivity index (χ0) is 17.8. The van der Waals surface area contributed by atoms with Crippen LogP contribution >= 0.6 is 0 Å². The Morgan fingerprint density at radius 2 is 2.20 bits per heavy atom. The molecule has 2 aromatic rings. The molecule has 1 aliphatic rings. The van der Waals surface area contributed by atoms with Crippen LogP contribution in [-0.2, 0) is 13.6 Å². The van der Waals surface area contributed by atoms with Gasteiger partial charge in [-0.05, 0) is 30.9 Å². The lowest BCUT2D eigenvalue weighted by Crippen LogP contribution is -2.38. The predicted octanol–water partition coefficient (Wildman–Crippen LogP) is 1.63. The smallest absolute Gasteiger partial charge is 0.269 e. The fourth-order valence-electron chi connectivity index (χ4n) is 2.97. The fourth-order valence-corrected chi connectivity index (χ4v) is 2.97. The summed E-state index contributed by atoms with van der Waals surface area (Å²) in [5.74, 6) is 0.269. The van der Waals surface area contributed by atoms with Crippen molar-refractivity contribution in [2.45, 2.75) is 45.2 Å². The molecule has 136 valence electrons. The van der Waals surface area contributed by atoms with E-state index in [0.717, 1.165) is 25.3 Å². The zero-order valence-electron chi connectivity index (χ0n) is 15.4. The van der Waals surface area contributed by atoms with E-state index in [1.165, 1.54) is 12.8 Å². The van der Waals surface area contributed by atoms with Crippen molar-refractivity contribution in [1.82, 2.24) is 29.8 Å². The first-order chi connectivity index (χ1) is 12.0. The molecule has 0 unspecified atom stereocenters. The number of hydrogen-bond acceptors (Lipinski definition) is 4. The standard InChI is InChI=1S/C18H28N6O/c1-14(2)16-13-17(22(3)21-16)18(25)19-8-10-23(15-5-6-15)11-12-24-9-4-7-20-24/h4,7,9,13-15H,5-6,8,10-12H2,1-3H3,(H,19,25). The third-order valence-electron chi connectivity index (χ3n) is 4.65. The maximum atomic E-state index is 12.4. The van der Waals surface area contributed by atoms with Crippen molar-refractivity contribution in [3.05, 3.63) is 35.9 Å². The van der Waals surface area contributed by atoms with Gasteiger partial charge < -0.3 is 5.32 Å². The molecule has 7 heteroatoms. The van der Waals surface area contributed by atoms with Crippen molar-refractivity contribution in [3.63, 3.8) is 0 Å². The molecule has 1 amide bonds. The number of nitrogens with one attached hydrogen (secondary N) is 1. The van der Waals surface area contributed by atoms with Gasteiger partial charge in [-0.1, -0.05) is 13.8 Å². The van der Waals surface area contributed by atoms with Gasteiger partial charge in [0, 0.05) is 45.1 Å². The molecule has 2 aromatic heterocycles. The van der Waals surface area contributed by atoms with Gasteiger partial charge in [0.25, 0.3) is 5.91 Å². The van der Waals surface area contributed by atoms with E-state index in [0.29, 0.717) is 24.2 Å². The summed E-state index contributed by atoms with van der Waals surface area (Å²) in [5, 5.41) is 11.7. The van der Waals surface area contributed by atoms with Gasteiger partial charge >= 0.3 is 0 Å². The Balaban J connectivity index is 1.47. The molecule has 7 nitrogen and oxygen atoms in total. The predicted molar refractivity (Wildman–Crippen MR) is 96.5 cm³/mol. The van der Waals surface area contributed by atoms with E-state index in [2.05, 4.69) is 34.3 Å². The first-order valence-corrected chi connectivity index (χ1v) is 9.08. The molecule has 0 aliphatic heterocycles. The molecular weight excluding hydrogens is 316 g/mol. The van der Waals surface area contributed by atoms with Gasteiger partial charge in [0.2, 0.25) is 0 Å². The summed E-state index contributed by atoms with van der Waals surface area (Å²) in [6, 6.07) is 4.49. The van der Waals surface area contributed by atoms with E-state index in [1.54, 1.807) is 10.9 Å². The van der Waals surface area contributed by atoms with Crippen molar-refractivity contribution >= 4 is 5.91 Å². The summed E-state index contributed by atoms with van der Waals surface area (Å²) in [5.41, 5.74) is 1.57. The first-order valence-electron chi connectivity index (χ1n) is 9.08. The zero-order valence-corrected chi connectivity index (χ0v) is 15.4. The monoisotopic (exact) mass is 344 g/mol. The number of aryl methyl sites for hydroxylation is 1. The van der Waals surface area contributed by atoms with Gasteiger partial charge in [-0.15, -0.1) is 0 Å². The van der Waals surface area contributed by atoms with Crippen molar-refractivity contribution in [2.75, 3.05) is 19.6 Å². The number of amides is 1. The Morgan fingerprint density at radius 1 is 1.40 bits per heavy atom. The quantitative estimate of drug-likeness (QED) is 0.751. The van der Waals surface area contributed by atoms with Crippen LogP contribution in [-0.4, -0.2) is 56.0 Å². The maximum absolute atomic E-state index is 12.4. The normalized spacial score (nSPS) is 14.4. The highest BCUT2D eigenvalue weighted by molar-refractivity contribution is 5.92. The van der Waals surface area contributed by atoms with Crippen LogP contribution in [0.1, 0.15) is 48.8 Å². The number of hydrogen-bond donors (Lipinski definition) is 1. The second-order valence-corrected chi connectivity index (χ2v) is 7.02. The van der Waals surface area contributed by atoms with Gasteiger partial charge in [0.05, 0.1) is 12.2 Å². The summed E-state index contributed by atoms with van der Waals surface area (Å²) >= 11 is 0. The van der Waals surface area contributed by atoms with Crippen LogP contribution < -0.4 is 5.32 Å². The summed E-state index contributed by atoms with van der Waals surface area (Å²) in [6.07, 6.45) is 6.31. The van der Waals surface area contributed by atoms with Crippen molar-refractivity contribution in [1.29, 1.82) is 0 Å². The average molecular weight is 344 g/mol. The lowest BCUT2D eigenvalue weighted by molar-refractivity contribution is 0.0937. The molecule has 0 bridgehead atoms. The summed E-state index contributed by atoms with van der Waals surface area (Å²) in [7, 11) is 1.82. The Labute approximate surface area is 149 Å². The van der Waals surface area contributed by atoms with E-state index >= 15 is 0 Å². The second kappa shape index (κ2) is 7.82. The average Bonchev–Trinajstić information content (AvgIpc) is 3.13. The molecule has 1 aliphatic carbocycles. The Hall–Kier alpha value is -2.15. The number of nitrogens with zero attached hydrogens (tertiary/aromatic N) is 5. The number of carbonyl (C=O) groups excluding carboxylic acids is 1. The van der Waals surface area contributed by atoms with Crippen molar-refractivity contribution < 1.29 is 4.79 Å². The van der Waals surface area contributed by atoms with Crippen LogP contribution in [0.25, 0.3) is 0 Å². The second-order valence-electron chi connectivity index (χ2n) is 7.02. The van der Waals surface area contributed by atoms with Gasteiger partial charge in [-0.3, -0.25) is 19.1 Å². The van der Waals surface area contributed by atoms with Crippen LogP contribution in [0.4, 0.5) is 0 Å². The molecular formula is C18H28N6O. The largest absolute Gasteiger partial charge is 0.349 e. The van der Waals surface area contributed by atoms with Gasteiger partial charge in [0.15, 0.2) is 0 Å². The summed E-state index contributed by atoms with van der Waals surface area (Å²) in [6.45, 7) is 7.53. The van der Waals surface area contributed by atoms with Crippen LogP contribution in [0.5, 0.6) is 0 Å². The van der Waals surface area contributed by atoms with Crippen LogP contribution in [0.3, 0.4) is 0 Å².